The van der Waals surface area contributed by atoms with Gasteiger partial charge in [0.2, 0.25) is 11.8 Å². The average molecular weight is 751 g/mol. The number of nitrogens with one attached hydrogen (secondary N) is 2. The standard InChI is InChI=1S/C28H50N2O21/c1-8(36)29-10(3-31)16(39)23(11(38)4-32)49-28-22(45)25(18(41)13(6-34)47-28)51-27-21(44)20(43)24(14(7-35)48-27)50-26-15(30-9(2)37)19(42)17(40)12(5-33)46-26/h10-28,31-35,38-45H,3-7H2,1-2H3,(H,29,36)(H,30,37)/t10-,11+,12+,13+,14+,15+,16+,17+,18+,19+,20+,21-,22-,23+,24+,25-,26-,27+,28-/m0/s1. The molecule has 0 aromatic heterocycles. The number of carbonyl (C=O) groups is 2. The van der Waals surface area contributed by atoms with Gasteiger partial charge in [0.05, 0.1) is 39.1 Å². The van der Waals surface area contributed by atoms with E-state index < -0.39 is 161 Å². The Hall–Kier alpha value is -1.82. The van der Waals surface area contributed by atoms with E-state index in [0.29, 0.717) is 0 Å². The number of amides is 2. The molecule has 23 heteroatoms. The van der Waals surface area contributed by atoms with Crippen molar-refractivity contribution < 1.29 is 104 Å². The maximum atomic E-state index is 11.8. The summed E-state index contributed by atoms with van der Waals surface area (Å²) in [5, 5.41) is 139. The number of aliphatic hydroxyl groups excluding tert-OH is 13. The lowest BCUT2D eigenvalue weighted by Gasteiger charge is -2.49. The zero-order chi connectivity index (χ0) is 38.3. The molecule has 3 heterocycles. The van der Waals surface area contributed by atoms with Crippen molar-refractivity contribution in [3.8, 4) is 0 Å². The van der Waals surface area contributed by atoms with Crippen LogP contribution in [0.3, 0.4) is 0 Å². The zero-order valence-corrected chi connectivity index (χ0v) is 27.6. The maximum absolute atomic E-state index is 11.8. The lowest BCUT2D eigenvalue weighted by Crippen LogP contribution is -2.68. The van der Waals surface area contributed by atoms with Crippen molar-refractivity contribution in [1.82, 2.24) is 10.6 Å². The molecule has 0 saturated carbocycles. The minimum Gasteiger partial charge on any atom is -0.394 e. The highest BCUT2D eigenvalue weighted by molar-refractivity contribution is 5.73. The van der Waals surface area contributed by atoms with Gasteiger partial charge < -0.3 is 105 Å². The summed E-state index contributed by atoms with van der Waals surface area (Å²) in [6.45, 7) is -2.42. The molecule has 0 aromatic carbocycles. The zero-order valence-electron chi connectivity index (χ0n) is 27.6. The molecule has 51 heavy (non-hydrogen) atoms. The molecule has 19 atom stereocenters. The SMILES string of the molecule is CC(=O)N[C@H]1[C@H](O[C@H]2[C@H](O)[C@H](O)[C@@H](O[C@@H]3[C@H](O)[C@H](O[C@@H]([C@H](O)[C@H](CO)NC(C)=O)[C@H](O)CO)O[C@H](CO)[C@H]3O)O[C@@H]2CO)O[C@H](CO)[C@@H](O)[C@@H]1O. The second kappa shape index (κ2) is 19.5. The Balaban J connectivity index is 1.82. The second-order valence-electron chi connectivity index (χ2n) is 12.4. The first-order valence-electron chi connectivity index (χ1n) is 16.0. The van der Waals surface area contributed by atoms with Crippen LogP contribution in [-0.4, -0.2) is 228 Å². The molecule has 2 amide bonds. The average Bonchev–Trinajstić information content (AvgIpc) is 3.10. The maximum Gasteiger partial charge on any atom is 0.217 e. The fraction of sp³-hybridized carbons (Fsp3) is 0.929. The molecule has 23 nitrogen and oxygen atoms in total. The third-order valence-electron chi connectivity index (χ3n) is 8.67. The predicted molar refractivity (Wildman–Crippen MR) is 159 cm³/mol. The minimum absolute atomic E-state index is 0.691. The Morgan fingerprint density at radius 1 is 0.627 bits per heavy atom. The first-order valence-corrected chi connectivity index (χ1v) is 16.0. The van der Waals surface area contributed by atoms with Gasteiger partial charge in [-0.05, 0) is 0 Å². The van der Waals surface area contributed by atoms with Gasteiger partial charge in [-0.3, -0.25) is 9.59 Å². The number of aliphatic hydroxyl groups is 13. The van der Waals surface area contributed by atoms with Gasteiger partial charge in [0.15, 0.2) is 18.9 Å². The summed E-state index contributed by atoms with van der Waals surface area (Å²) >= 11 is 0. The fourth-order valence-corrected chi connectivity index (χ4v) is 5.94. The van der Waals surface area contributed by atoms with Crippen molar-refractivity contribution in [2.75, 3.05) is 33.0 Å². The predicted octanol–water partition coefficient (Wildman–Crippen LogP) is -9.83. The van der Waals surface area contributed by atoms with Gasteiger partial charge in [0.25, 0.3) is 0 Å². The number of hydrogen-bond acceptors (Lipinski definition) is 21. The van der Waals surface area contributed by atoms with Crippen LogP contribution in [0.1, 0.15) is 13.8 Å². The van der Waals surface area contributed by atoms with Crippen LogP contribution in [0.2, 0.25) is 0 Å². The molecule has 0 aromatic rings. The molecule has 3 rings (SSSR count). The van der Waals surface area contributed by atoms with E-state index in [1.807, 2.05) is 0 Å². The largest absolute Gasteiger partial charge is 0.394 e. The Morgan fingerprint density at radius 2 is 1.18 bits per heavy atom. The third-order valence-corrected chi connectivity index (χ3v) is 8.67. The van der Waals surface area contributed by atoms with Crippen LogP contribution >= 0.6 is 0 Å². The number of ether oxygens (including phenoxy) is 6. The summed E-state index contributed by atoms with van der Waals surface area (Å²) < 4.78 is 33.3. The van der Waals surface area contributed by atoms with Gasteiger partial charge in [-0.25, -0.2) is 0 Å². The van der Waals surface area contributed by atoms with E-state index in [4.69, 9.17) is 28.4 Å². The fourth-order valence-electron chi connectivity index (χ4n) is 5.94. The Bertz CT molecular complexity index is 1090. The van der Waals surface area contributed by atoms with E-state index in [1.165, 1.54) is 0 Å². The molecule has 3 aliphatic heterocycles. The lowest BCUT2D eigenvalue weighted by molar-refractivity contribution is -0.379. The van der Waals surface area contributed by atoms with Crippen LogP contribution in [0.4, 0.5) is 0 Å². The van der Waals surface area contributed by atoms with Crippen LogP contribution in [0.25, 0.3) is 0 Å². The van der Waals surface area contributed by atoms with Gasteiger partial charge in [-0.15, -0.1) is 0 Å². The molecule has 0 unspecified atom stereocenters. The molecule has 0 bridgehead atoms. The van der Waals surface area contributed by atoms with Crippen molar-refractivity contribution in [3.63, 3.8) is 0 Å². The molecular formula is C28H50N2O21. The van der Waals surface area contributed by atoms with Crippen LogP contribution in [0.15, 0.2) is 0 Å². The quantitative estimate of drug-likeness (QED) is 0.0696. The highest BCUT2D eigenvalue weighted by Gasteiger charge is 2.54. The monoisotopic (exact) mass is 750 g/mol. The van der Waals surface area contributed by atoms with E-state index in [-0.39, 0.29) is 0 Å². The van der Waals surface area contributed by atoms with Crippen molar-refractivity contribution in [2.45, 2.75) is 130 Å². The van der Waals surface area contributed by atoms with Crippen molar-refractivity contribution >= 4 is 11.8 Å². The lowest BCUT2D eigenvalue weighted by atomic mass is 9.95. The van der Waals surface area contributed by atoms with Gasteiger partial charge >= 0.3 is 0 Å². The van der Waals surface area contributed by atoms with Crippen LogP contribution in [0.5, 0.6) is 0 Å². The molecular weight excluding hydrogens is 700 g/mol. The topological polar surface area (TPSA) is 377 Å². The minimum atomic E-state index is -2.11. The molecule has 15 N–H and O–H groups in total. The number of hydrogen-bond donors (Lipinski definition) is 15. The van der Waals surface area contributed by atoms with E-state index >= 15 is 0 Å². The van der Waals surface area contributed by atoms with Crippen LogP contribution < -0.4 is 10.6 Å². The Morgan fingerprint density at radius 3 is 1.71 bits per heavy atom. The highest BCUT2D eigenvalue weighted by atomic mass is 16.8. The first-order chi connectivity index (χ1) is 24.0. The molecule has 3 fully saturated rings. The summed E-state index contributed by atoms with van der Waals surface area (Å²) in [5.41, 5.74) is 0. The van der Waals surface area contributed by atoms with Crippen molar-refractivity contribution in [2.24, 2.45) is 0 Å². The smallest absolute Gasteiger partial charge is 0.217 e. The summed E-state index contributed by atoms with van der Waals surface area (Å²) in [4.78, 5) is 23.3. The Kier molecular flexibility index (Phi) is 16.7. The van der Waals surface area contributed by atoms with Crippen molar-refractivity contribution in [1.29, 1.82) is 0 Å². The molecule has 0 spiro atoms. The number of rotatable bonds is 16. The second-order valence-corrected chi connectivity index (χ2v) is 12.4. The molecule has 3 aliphatic rings. The van der Waals surface area contributed by atoms with Gasteiger partial charge in [0, 0.05) is 13.8 Å². The summed E-state index contributed by atoms with van der Waals surface area (Å²) in [6, 6.07) is -2.93. The van der Waals surface area contributed by atoms with Crippen molar-refractivity contribution in [3.05, 3.63) is 0 Å². The molecule has 298 valence electrons. The van der Waals surface area contributed by atoms with E-state index in [1.54, 1.807) is 0 Å². The number of carbonyl (C=O) groups excluding carboxylic acids is 2. The normalized spacial score (nSPS) is 41.3. The van der Waals surface area contributed by atoms with Gasteiger partial charge in [0.1, 0.15) is 91.5 Å². The van der Waals surface area contributed by atoms with E-state index in [9.17, 15) is 76.0 Å². The van der Waals surface area contributed by atoms with E-state index in [0.717, 1.165) is 13.8 Å². The van der Waals surface area contributed by atoms with Crippen LogP contribution in [-0.2, 0) is 38.0 Å². The summed E-state index contributed by atoms with van der Waals surface area (Å²) in [7, 11) is 0. The first kappa shape index (κ1) is 43.6. The van der Waals surface area contributed by atoms with Gasteiger partial charge in [-0.2, -0.15) is 0 Å². The highest BCUT2D eigenvalue weighted by Crippen LogP contribution is 2.33. The van der Waals surface area contributed by atoms with Crippen LogP contribution in [0, 0.1) is 0 Å². The molecule has 0 aliphatic carbocycles. The summed E-state index contributed by atoms with van der Waals surface area (Å²) in [6.07, 6.45) is -31.2. The van der Waals surface area contributed by atoms with Gasteiger partial charge in [-0.1, -0.05) is 0 Å². The summed E-state index contributed by atoms with van der Waals surface area (Å²) in [5.74, 6) is -1.38. The molecule has 3 saturated heterocycles. The third kappa shape index (κ3) is 10.2. The van der Waals surface area contributed by atoms with E-state index in [2.05, 4.69) is 10.6 Å². The Labute approximate surface area is 290 Å². The molecule has 0 radical (unpaired) electrons.